The lowest BCUT2D eigenvalue weighted by atomic mass is 9.82. The lowest BCUT2D eigenvalue weighted by Crippen LogP contribution is -2.27. The zero-order valence-corrected chi connectivity index (χ0v) is 20.2. The third-order valence-corrected chi connectivity index (χ3v) is 5.39. The summed E-state index contributed by atoms with van der Waals surface area (Å²) in [6, 6.07) is 15.5. The molecule has 0 aliphatic heterocycles. The quantitative estimate of drug-likeness (QED) is 0.394. The van der Waals surface area contributed by atoms with Crippen molar-refractivity contribution in [3.05, 3.63) is 70.8 Å². The van der Waals surface area contributed by atoms with Crippen LogP contribution in [0.1, 0.15) is 58.6 Å². The molecule has 2 rings (SSSR count). The molecule has 0 aliphatic carbocycles. The summed E-state index contributed by atoms with van der Waals surface area (Å²) < 4.78 is 0. The molecule has 0 aliphatic rings. The van der Waals surface area contributed by atoms with Crippen molar-refractivity contribution < 1.29 is 0 Å². The molecule has 0 bridgehead atoms. The van der Waals surface area contributed by atoms with E-state index in [1.54, 1.807) is 0 Å². The summed E-state index contributed by atoms with van der Waals surface area (Å²) in [6.07, 6.45) is 5.55. The molecule has 1 atom stereocenters. The number of hydrogen-bond acceptors (Lipinski definition) is 2. The van der Waals surface area contributed by atoms with E-state index in [-0.39, 0.29) is 24.2 Å². The molecule has 2 aromatic rings. The van der Waals surface area contributed by atoms with Crippen LogP contribution in [0.3, 0.4) is 0 Å². The topological polar surface area (TPSA) is 27.0 Å². The van der Waals surface area contributed by atoms with Crippen LogP contribution < -0.4 is 0 Å². The van der Waals surface area contributed by atoms with Crippen molar-refractivity contribution in [2.24, 2.45) is 5.92 Å². The fourth-order valence-corrected chi connectivity index (χ4v) is 3.63. The third kappa shape index (κ3) is 7.31. The van der Waals surface area contributed by atoms with Gasteiger partial charge in [-0.05, 0) is 61.9 Å². The maximum absolute atomic E-state index is 9.93. The van der Waals surface area contributed by atoms with Crippen LogP contribution in [0.5, 0.6) is 0 Å². The lowest BCUT2D eigenvalue weighted by molar-refractivity contribution is 0.337. The number of hydrogen-bond donors (Lipinski definition) is 0. The summed E-state index contributed by atoms with van der Waals surface area (Å²) in [6.45, 7) is 15.8. The normalized spacial score (nSPS) is 11.7. The summed E-state index contributed by atoms with van der Waals surface area (Å²) >= 11 is 0. The summed E-state index contributed by atoms with van der Waals surface area (Å²) in [4.78, 5) is 2.48. The van der Waals surface area contributed by atoms with Gasteiger partial charge in [0.25, 0.3) is 0 Å². The molecule has 0 heterocycles. The predicted octanol–water partition coefficient (Wildman–Crippen LogP) is 7.30. The van der Waals surface area contributed by atoms with Crippen LogP contribution in [-0.2, 0) is 6.42 Å². The van der Waals surface area contributed by atoms with E-state index in [1.807, 2.05) is 0 Å². The Morgan fingerprint density at radius 1 is 0.967 bits per heavy atom. The Morgan fingerprint density at radius 2 is 1.57 bits per heavy atom. The first-order valence-electron chi connectivity index (χ1n) is 10.7. The monoisotopic (exact) mass is 424 g/mol. The summed E-state index contributed by atoms with van der Waals surface area (Å²) in [5, 5.41) is 12.4. The highest BCUT2D eigenvalue weighted by atomic mass is 35.5. The molecular formula is C27H37ClN2. The second-order valence-corrected chi connectivity index (χ2v) is 8.78. The number of allylic oxidation sites excluding steroid dienone is 2. The van der Waals surface area contributed by atoms with E-state index < -0.39 is 0 Å². The van der Waals surface area contributed by atoms with Gasteiger partial charge in [0.05, 0.1) is 12.0 Å². The molecule has 0 spiro atoms. The zero-order chi connectivity index (χ0) is 21.4. The Morgan fingerprint density at radius 3 is 2.10 bits per heavy atom. The van der Waals surface area contributed by atoms with E-state index in [4.69, 9.17) is 0 Å². The predicted molar refractivity (Wildman–Crippen MR) is 133 cm³/mol. The number of nitrogens with zero attached hydrogens (tertiary/aromatic N) is 2. The molecule has 0 aromatic heterocycles. The molecule has 0 N–H and O–H groups in total. The Hall–Kier alpha value is -2.08. The average molecular weight is 425 g/mol. The van der Waals surface area contributed by atoms with Gasteiger partial charge in [0, 0.05) is 19.6 Å². The van der Waals surface area contributed by atoms with Crippen molar-refractivity contribution in [2.75, 3.05) is 19.6 Å². The fourth-order valence-electron chi connectivity index (χ4n) is 3.63. The van der Waals surface area contributed by atoms with Crippen molar-refractivity contribution in [1.29, 1.82) is 5.26 Å². The van der Waals surface area contributed by atoms with E-state index in [0.29, 0.717) is 0 Å². The number of fused-ring (bicyclic) bond motifs is 1. The highest BCUT2D eigenvalue weighted by Gasteiger charge is 2.21. The molecule has 0 fully saturated rings. The van der Waals surface area contributed by atoms with E-state index >= 15 is 0 Å². The SMILES string of the molecule is CC(C)=CCN(CC=C(C)C)CCc1ccc2ccccc2c1C(C#N)C(C)C.Cl. The minimum atomic E-state index is -0.0832. The van der Waals surface area contributed by atoms with Crippen LogP contribution in [0, 0.1) is 17.2 Å². The molecule has 1 unspecified atom stereocenters. The molecule has 30 heavy (non-hydrogen) atoms. The smallest absolute Gasteiger partial charge is 0.0744 e. The summed E-state index contributed by atoms with van der Waals surface area (Å²) in [5.41, 5.74) is 5.24. The maximum Gasteiger partial charge on any atom is 0.0744 e. The van der Waals surface area contributed by atoms with E-state index in [9.17, 15) is 5.26 Å². The summed E-state index contributed by atoms with van der Waals surface area (Å²) in [7, 11) is 0. The van der Waals surface area contributed by atoms with Crippen molar-refractivity contribution in [3.8, 4) is 6.07 Å². The van der Waals surface area contributed by atoms with Gasteiger partial charge in [0.1, 0.15) is 0 Å². The molecule has 2 nitrogen and oxygen atoms in total. The highest BCUT2D eigenvalue weighted by molar-refractivity contribution is 5.87. The zero-order valence-electron chi connectivity index (χ0n) is 19.4. The fraction of sp³-hybridized carbons (Fsp3) is 0.444. The van der Waals surface area contributed by atoms with Gasteiger partial charge in [-0.25, -0.2) is 0 Å². The highest BCUT2D eigenvalue weighted by Crippen LogP contribution is 2.33. The van der Waals surface area contributed by atoms with Crippen molar-refractivity contribution in [3.63, 3.8) is 0 Å². The Kier molecular flexibility index (Phi) is 10.9. The van der Waals surface area contributed by atoms with Gasteiger partial charge < -0.3 is 0 Å². The van der Waals surface area contributed by atoms with Crippen molar-refractivity contribution in [1.82, 2.24) is 4.90 Å². The van der Waals surface area contributed by atoms with Gasteiger partial charge in [-0.2, -0.15) is 5.26 Å². The maximum atomic E-state index is 9.93. The van der Waals surface area contributed by atoms with Gasteiger partial charge in [-0.15, -0.1) is 12.4 Å². The Labute approximate surface area is 189 Å². The molecule has 162 valence electrons. The van der Waals surface area contributed by atoms with Crippen LogP contribution in [0.25, 0.3) is 10.8 Å². The van der Waals surface area contributed by atoms with Crippen molar-refractivity contribution in [2.45, 2.75) is 53.9 Å². The van der Waals surface area contributed by atoms with E-state index in [0.717, 1.165) is 26.1 Å². The van der Waals surface area contributed by atoms with Crippen LogP contribution in [0.15, 0.2) is 59.7 Å². The van der Waals surface area contributed by atoms with Gasteiger partial charge in [-0.1, -0.05) is 73.5 Å². The van der Waals surface area contributed by atoms with Crippen LogP contribution in [-0.4, -0.2) is 24.5 Å². The third-order valence-electron chi connectivity index (χ3n) is 5.39. The first kappa shape index (κ1) is 26.0. The minimum Gasteiger partial charge on any atom is -0.296 e. The number of rotatable bonds is 9. The molecule has 0 radical (unpaired) electrons. The minimum absolute atomic E-state index is 0. The molecule has 0 saturated heterocycles. The van der Waals surface area contributed by atoms with E-state index in [1.165, 1.54) is 33.0 Å². The molecule has 0 saturated carbocycles. The molecular weight excluding hydrogens is 388 g/mol. The van der Waals surface area contributed by atoms with Gasteiger partial charge in [-0.3, -0.25) is 4.90 Å². The van der Waals surface area contributed by atoms with Crippen molar-refractivity contribution >= 4 is 23.2 Å². The Bertz CT molecular complexity index is 890. The van der Waals surface area contributed by atoms with Crippen LogP contribution >= 0.6 is 12.4 Å². The second kappa shape index (κ2) is 12.6. The van der Waals surface area contributed by atoms with Crippen LogP contribution in [0.4, 0.5) is 0 Å². The first-order chi connectivity index (χ1) is 13.8. The summed E-state index contributed by atoms with van der Waals surface area (Å²) in [5.74, 6) is 0.206. The molecule has 0 amide bonds. The van der Waals surface area contributed by atoms with Crippen LogP contribution in [0.2, 0.25) is 0 Å². The number of benzene rings is 2. The van der Waals surface area contributed by atoms with E-state index in [2.05, 4.69) is 101 Å². The number of halogens is 1. The molecule has 2 aromatic carbocycles. The largest absolute Gasteiger partial charge is 0.296 e. The van der Waals surface area contributed by atoms with Gasteiger partial charge in [0.2, 0.25) is 0 Å². The number of nitriles is 1. The Balaban J connectivity index is 0.00000450. The molecule has 3 heteroatoms. The van der Waals surface area contributed by atoms with Gasteiger partial charge in [0.15, 0.2) is 0 Å². The lowest BCUT2D eigenvalue weighted by Gasteiger charge is -2.23. The standard InChI is InChI=1S/C27H36N2.ClH/c1-20(2)13-16-29(17-14-21(3)4)18-15-24-12-11-23-9-7-8-10-25(23)27(24)26(19-28)22(5)6;/h7-14,22,26H,15-18H2,1-6H3;1H. The average Bonchev–Trinajstić information content (AvgIpc) is 2.68. The second-order valence-electron chi connectivity index (χ2n) is 8.78. The first-order valence-corrected chi connectivity index (χ1v) is 10.7. The van der Waals surface area contributed by atoms with Gasteiger partial charge >= 0.3 is 0 Å².